The lowest BCUT2D eigenvalue weighted by molar-refractivity contribution is 0.0422. The molecule has 1 aromatic heterocycles. The van der Waals surface area contributed by atoms with Crippen molar-refractivity contribution in [1.82, 2.24) is 9.88 Å². The maximum absolute atomic E-state index is 6.19. The summed E-state index contributed by atoms with van der Waals surface area (Å²) in [6, 6.07) is 2.24. The summed E-state index contributed by atoms with van der Waals surface area (Å²) in [6.45, 7) is 9.51. The van der Waals surface area contributed by atoms with Crippen molar-refractivity contribution in [2.24, 2.45) is 11.7 Å². The largest absolute Gasteiger partial charge is 0.329 e. The van der Waals surface area contributed by atoms with Gasteiger partial charge >= 0.3 is 0 Å². The monoisotopic (exact) mass is 275 g/mol. The van der Waals surface area contributed by atoms with Crippen LogP contribution in [-0.2, 0) is 6.54 Å². The maximum Gasteiger partial charge on any atom is 0.0335 e. The quantitative estimate of drug-likeness (QED) is 0.897. The maximum atomic E-state index is 6.19. The molecule has 2 rings (SSSR count). The van der Waals surface area contributed by atoms with Gasteiger partial charge in [0.15, 0.2) is 0 Å². The standard InChI is InChI=1S/C17H29N3/c1-4-20(12-16-9-15(3)10-19-11-16)17(13-18)7-5-14(2)6-8-17/h9-11,14H,4-8,12-13,18H2,1-3H3. The molecular formula is C17H29N3. The van der Waals surface area contributed by atoms with Crippen molar-refractivity contribution < 1.29 is 0 Å². The molecule has 1 aliphatic rings. The fourth-order valence-electron chi connectivity index (χ4n) is 3.49. The summed E-state index contributed by atoms with van der Waals surface area (Å²) in [5.41, 5.74) is 8.92. The van der Waals surface area contributed by atoms with Crippen LogP contribution >= 0.6 is 0 Å². The molecule has 3 heteroatoms. The van der Waals surface area contributed by atoms with Gasteiger partial charge < -0.3 is 5.73 Å². The zero-order valence-electron chi connectivity index (χ0n) is 13.2. The van der Waals surface area contributed by atoms with Gasteiger partial charge in [-0.25, -0.2) is 0 Å². The van der Waals surface area contributed by atoms with Crippen LogP contribution in [0.1, 0.15) is 50.7 Å². The molecule has 20 heavy (non-hydrogen) atoms. The van der Waals surface area contributed by atoms with Gasteiger partial charge in [0.25, 0.3) is 0 Å². The highest BCUT2D eigenvalue weighted by Gasteiger charge is 2.37. The predicted molar refractivity (Wildman–Crippen MR) is 84.5 cm³/mol. The predicted octanol–water partition coefficient (Wildman–Crippen LogP) is 3.12. The van der Waals surface area contributed by atoms with Crippen LogP contribution in [0.15, 0.2) is 18.5 Å². The van der Waals surface area contributed by atoms with Gasteiger partial charge in [-0.15, -0.1) is 0 Å². The van der Waals surface area contributed by atoms with E-state index < -0.39 is 0 Å². The molecule has 1 aromatic rings. The molecule has 1 aliphatic carbocycles. The number of aryl methyl sites for hydroxylation is 1. The molecule has 0 aliphatic heterocycles. The molecule has 0 unspecified atom stereocenters. The molecule has 0 saturated heterocycles. The fourth-order valence-corrected chi connectivity index (χ4v) is 3.49. The topological polar surface area (TPSA) is 42.2 Å². The van der Waals surface area contributed by atoms with E-state index >= 15 is 0 Å². The molecule has 0 bridgehead atoms. The molecule has 0 aromatic carbocycles. The SMILES string of the molecule is CCN(Cc1cncc(C)c1)C1(CN)CCC(C)CC1. The van der Waals surface area contributed by atoms with E-state index in [1.807, 2.05) is 12.4 Å². The Hall–Kier alpha value is -0.930. The fraction of sp³-hybridized carbons (Fsp3) is 0.706. The first-order chi connectivity index (χ1) is 9.59. The summed E-state index contributed by atoms with van der Waals surface area (Å²) in [6.07, 6.45) is 8.99. The number of nitrogens with zero attached hydrogens (tertiary/aromatic N) is 2. The van der Waals surface area contributed by atoms with Crippen LogP contribution in [0.25, 0.3) is 0 Å². The Bertz CT molecular complexity index is 422. The van der Waals surface area contributed by atoms with Crippen LogP contribution in [0.4, 0.5) is 0 Å². The van der Waals surface area contributed by atoms with Crippen molar-refractivity contribution in [3.05, 3.63) is 29.6 Å². The van der Waals surface area contributed by atoms with Crippen molar-refractivity contribution in [3.8, 4) is 0 Å². The third kappa shape index (κ3) is 3.39. The average Bonchev–Trinajstić information content (AvgIpc) is 2.46. The second-order valence-corrected chi connectivity index (χ2v) is 6.50. The normalized spacial score (nSPS) is 26.9. The molecule has 0 amide bonds. The molecule has 1 fully saturated rings. The first-order valence-corrected chi connectivity index (χ1v) is 7.95. The Morgan fingerprint density at radius 3 is 2.60 bits per heavy atom. The van der Waals surface area contributed by atoms with Gasteiger partial charge in [-0.05, 0) is 56.2 Å². The molecule has 1 saturated carbocycles. The van der Waals surface area contributed by atoms with Crippen molar-refractivity contribution in [1.29, 1.82) is 0 Å². The molecule has 3 nitrogen and oxygen atoms in total. The van der Waals surface area contributed by atoms with Crippen molar-refractivity contribution in [2.45, 2.75) is 58.5 Å². The van der Waals surface area contributed by atoms with Gasteiger partial charge in [0.1, 0.15) is 0 Å². The van der Waals surface area contributed by atoms with E-state index in [-0.39, 0.29) is 5.54 Å². The molecule has 112 valence electrons. The first kappa shape index (κ1) is 15.5. The van der Waals surface area contributed by atoms with Crippen molar-refractivity contribution >= 4 is 0 Å². The smallest absolute Gasteiger partial charge is 0.0335 e. The highest BCUT2D eigenvalue weighted by atomic mass is 15.2. The van der Waals surface area contributed by atoms with Gasteiger partial charge in [-0.2, -0.15) is 0 Å². The van der Waals surface area contributed by atoms with Gasteiger partial charge in [-0.3, -0.25) is 9.88 Å². The summed E-state index contributed by atoms with van der Waals surface area (Å²) in [4.78, 5) is 6.90. The number of pyridine rings is 1. The third-order valence-electron chi connectivity index (χ3n) is 4.94. The van der Waals surface area contributed by atoms with Gasteiger partial charge in [0.05, 0.1) is 0 Å². The molecule has 0 atom stereocenters. The minimum atomic E-state index is 0.199. The number of hydrogen-bond donors (Lipinski definition) is 1. The lowest BCUT2D eigenvalue weighted by Crippen LogP contribution is -2.55. The van der Waals surface area contributed by atoms with Gasteiger partial charge in [0, 0.05) is 31.0 Å². The van der Waals surface area contributed by atoms with Gasteiger partial charge in [-0.1, -0.05) is 19.9 Å². The van der Waals surface area contributed by atoms with E-state index in [1.54, 1.807) is 0 Å². The molecular weight excluding hydrogens is 246 g/mol. The Morgan fingerprint density at radius 1 is 1.35 bits per heavy atom. The van der Waals surface area contributed by atoms with Crippen LogP contribution < -0.4 is 5.73 Å². The van der Waals surface area contributed by atoms with Crippen LogP contribution in [0, 0.1) is 12.8 Å². The highest BCUT2D eigenvalue weighted by Crippen LogP contribution is 2.36. The summed E-state index contributed by atoms with van der Waals surface area (Å²) in [5.74, 6) is 0.856. The van der Waals surface area contributed by atoms with Crippen LogP contribution in [-0.4, -0.2) is 28.5 Å². The average molecular weight is 275 g/mol. The van der Waals surface area contributed by atoms with Crippen LogP contribution in [0.2, 0.25) is 0 Å². The number of hydrogen-bond acceptors (Lipinski definition) is 3. The number of nitrogens with two attached hydrogens (primary N) is 1. The number of likely N-dealkylation sites (N-methyl/N-ethyl adjacent to an activating group) is 1. The van der Waals surface area contributed by atoms with E-state index in [1.165, 1.54) is 36.8 Å². The Balaban J connectivity index is 2.13. The summed E-state index contributed by atoms with van der Waals surface area (Å²) < 4.78 is 0. The Kier molecular flexibility index (Phi) is 5.17. The van der Waals surface area contributed by atoms with E-state index in [4.69, 9.17) is 5.73 Å². The van der Waals surface area contributed by atoms with Crippen molar-refractivity contribution in [3.63, 3.8) is 0 Å². The zero-order chi connectivity index (χ0) is 14.6. The lowest BCUT2D eigenvalue weighted by Gasteiger charge is -2.47. The lowest BCUT2D eigenvalue weighted by atomic mass is 9.76. The highest BCUT2D eigenvalue weighted by molar-refractivity contribution is 5.17. The van der Waals surface area contributed by atoms with E-state index in [2.05, 4.69) is 36.7 Å². The molecule has 0 radical (unpaired) electrons. The summed E-state index contributed by atoms with van der Waals surface area (Å²) in [7, 11) is 0. The van der Waals surface area contributed by atoms with Crippen LogP contribution in [0.5, 0.6) is 0 Å². The van der Waals surface area contributed by atoms with Crippen LogP contribution in [0.3, 0.4) is 0 Å². The van der Waals surface area contributed by atoms with E-state index in [0.29, 0.717) is 0 Å². The summed E-state index contributed by atoms with van der Waals surface area (Å²) in [5, 5.41) is 0. The first-order valence-electron chi connectivity index (χ1n) is 7.95. The summed E-state index contributed by atoms with van der Waals surface area (Å²) >= 11 is 0. The zero-order valence-corrected chi connectivity index (χ0v) is 13.2. The van der Waals surface area contributed by atoms with E-state index in [0.717, 1.165) is 25.6 Å². The second kappa shape index (κ2) is 6.68. The van der Waals surface area contributed by atoms with Crippen molar-refractivity contribution in [2.75, 3.05) is 13.1 Å². The number of aromatic nitrogens is 1. The van der Waals surface area contributed by atoms with E-state index in [9.17, 15) is 0 Å². The van der Waals surface area contributed by atoms with Gasteiger partial charge in [0.2, 0.25) is 0 Å². The third-order valence-corrected chi connectivity index (χ3v) is 4.94. The second-order valence-electron chi connectivity index (χ2n) is 6.50. The Labute approximate surface area is 123 Å². The number of rotatable bonds is 5. The minimum Gasteiger partial charge on any atom is -0.329 e. The molecule has 2 N–H and O–H groups in total. The molecule has 0 spiro atoms. The molecule has 1 heterocycles. The minimum absolute atomic E-state index is 0.199. The Morgan fingerprint density at radius 2 is 2.05 bits per heavy atom.